The van der Waals surface area contributed by atoms with E-state index in [0.717, 1.165) is 12.1 Å². The first kappa shape index (κ1) is 16.8. The second-order valence-electron chi connectivity index (χ2n) is 5.17. The number of nitrogens with zero attached hydrogens (tertiary/aromatic N) is 2. The Hall–Kier alpha value is -2.57. The minimum atomic E-state index is -1.13. The van der Waals surface area contributed by atoms with Crippen LogP contribution in [0.2, 0.25) is 0 Å². The van der Waals surface area contributed by atoms with Gasteiger partial charge in [-0.15, -0.1) is 6.58 Å². The lowest BCUT2D eigenvalue weighted by molar-refractivity contribution is -0.133. The van der Waals surface area contributed by atoms with Crippen molar-refractivity contribution in [3.05, 3.63) is 54.4 Å². The first-order valence-electron chi connectivity index (χ1n) is 7.09. The van der Waals surface area contributed by atoms with Crippen molar-refractivity contribution in [2.24, 2.45) is 0 Å². The molecule has 1 aliphatic heterocycles. The van der Waals surface area contributed by atoms with E-state index in [1.54, 1.807) is 0 Å². The topological polar surface area (TPSA) is 70.5 Å². The summed E-state index contributed by atoms with van der Waals surface area (Å²) in [4.78, 5) is 27.6. The Kier molecular flexibility index (Phi) is 5.20. The van der Waals surface area contributed by atoms with Gasteiger partial charge >= 0.3 is 5.97 Å². The SMILES string of the molecule is C=CCC(=O)N1[C@@H](C=CC(=O)O)CC[C@H]1c1ccc(F)nc1F. The second-order valence-corrected chi connectivity index (χ2v) is 5.17. The van der Waals surface area contributed by atoms with Gasteiger partial charge in [0.25, 0.3) is 0 Å². The standard InChI is InChI=1S/C16H16F2N2O3/c1-2-3-14(21)20-10(5-9-15(22)23)4-7-12(20)11-6-8-13(17)19-16(11)18/h2,5-6,8-10,12H,1,3-4,7H2,(H,22,23)/t10-,12+/m1/s1. The van der Waals surface area contributed by atoms with Gasteiger partial charge < -0.3 is 10.0 Å². The number of hydrogen-bond acceptors (Lipinski definition) is 3. The molecule has 2 rings (SSSR count). The van der Waals surface area contributed by atoms with Crippen molar-refractivity contribution in [1.29, 1.82) is 0 Å². The summed E-state index contributed by atoms with van der Waals surface area (Å²) in [5, 5.41) is 8.74. The molecule has 0 aromatic carbocycles. The molecule has 1 saturated heterocycles. The predicted molar refractivity (Wildman–Crippen MR) is 78.4 cm³/mol. The van der Waals surface area contributed by atoms with E-state index in [1.807, 2.05) is 0 Å². The maximum Gasteiger partial charge on any atom is 0.328 e. The van der Waals surface area contributed by atoms with E-state index < -0.39 is 29.9 Å². The van der Waals surface area contributed by atoms with Crippen LogP contribution < -0.4 is 0 Å². The summed E-state index contributed by atoms with van der Waals surface area (Å²) in [5.74, 6) is -3.32. The molecule has 2 atom stereocenters. The molecule has 23 heavy (non-hydrogen) atoms. The number of aliphatic carboxylic acids is 1. The Balaban J connectivity index is 2.35. The Morgan fingerprint density at radius 2 is 2.13 bits per heavy atom. The van der Waals surface area contributed by atoms with Crippen LogP contribution in [0.15, 0.2) is 36.9 Å². The Bertz CT molecular complexity index is 661. The molecule has 122 valence electrons. The largest absolute Gasteiger partial charge is 0.478 e. The zero-order chi connectivity index (χ0) is 17.0. The number of hydrogen-bond donors (Lipinski definition) is 1. The molecule has 0 unspecified atom stereocenters. The van der Waals surface area contributed by atoms with Crippen molar-refractivity contribution < 1.29 is 23.5 Å². The van der Waals surface area contributed by atoms with Gasteiger partial charge in [0, 0.05) is 18.1 Å². The number of halogens is 2. The third-order valence-electron chi connectivity index (χ3n) is 3.70. The lowest BCUT2D eigenvalue weighted by Gasteiger charge is -2.29. The first-order chi connectivity index (χ1) is 10.9. The number of carboxylic acids is 1. The molecule has 1 aliphatic rings. The fourth-order valence-electron chi connectivity index (χ4n) is 2.78. The molecule has 0 radical (unpaired) electrons. The van der Waals surface area contributed by atoms with Crippen molar-refractivity contribution in [1.82, 2.24) is 9.88 Å². The number of pyridine rings is 1. The molecular weight excluding hydrogens is 306 g/mol. The maximum absolute atomic E-state index is 13.9. The van der Waals surface area contributed by atoms with Gasteiger partial charge in [0.2, 0.25) is 17.8 Å². The van der Waals surface area contributed by atoms with E-state index in [9.17, 15) is 18.4 Å². The lowest BCUT2D eigenvalue weighted by atomic mass is 10.1. The number of amides is 1. The Morgan fingerprint density at radius 1 is 1.39 bits per heavy atom. The number of likely N-dealkylation sites (tertiary alicyclic amines) is 1. The van der Waals surface area contributed by atoms with Crippen LogP contribution in [0.5, 0.6) is 0 Å². The summed E-state index contributed by atoms with van der Waals surface area (Å²) in [6, 6.07) is 1.22. The molecule has 1 fully saturated rings. The zero-order valence-electron chi connectivity index (χ0n) is 12.3. The van der Waals surface area contributed by atoms with E-state index in [0.29, 0.717) is 12.8 Å². The lowest BCUT2D eigenvalue weighted by Crippen LogP contribution is -2.36. The highest BCUT2D eigenvalue weighted by Gasteiger charge is 2.37. The normalized spacial score (nSPS) is 20.9. The van der Waals surface area contributed by atoms with E-state index in [2.05, 4.69) is 11.6 Å². The van der Waals surface area contributed by atoms with E-state index in [4.69, 9.17) is 5.11 Å². The van der Waals surface area contributed by atoms with Crippen molar-refractivity contribution in [2.75, 3.05) is 0 Å². The zero-order valence-corrected chi connectivity index (χ0v) is 12.3. The van der Waals surface area contributed by atoms with Gasteiger partial charge in [0.05, 0.1) is 12.1 Å². The predicted octanol–water partition coefficient (Wildman–Crippen LogP) is 2.61. The van der Waals surface area contributed by atoms with Crippen LogP contribution in [0.3, 0.4) is 0 Å². The van der Waals surface area contributed by atoms with Gasteiger partial charge in [-0.3, -0.25) is 4.79 Å². The number of carbonyl (C=O) groups excluding carboxylic acids is 1. The van der Waals surface area contributed by atoms with E-state index >= 15 is 0 Å². The fourth-order valence-corrected chi connectivity index (χ4v) is 2.78. The molecule has 7 heteroatoms. The molecule has 0 spiro atoms. The molecule has 2 heterocycles. The summed E-state index contributed by atoms with van der Waals surface area (Å²) in [7, 11) is 0. The van der Waals surface area contributed by atoms with Crippen LogP contribution in [0.1, 0.15) is 30.9 Å². The first-order valence-corrected chi connectivity index (χ1v) is 7.09. The molecular formula is C16H16F2N2O3. The van der Waals surface area contributed by atoms with Gasteiger partial charge in [-0.1, -0.05) is 12.2 Å². The van der Waals surface area contributed by atoms with Gasteiger partial charge in [-0.25, -0.2) is 4.79 Å². The average Bonchev–Trinajstić information content (AvgIpc) is 2.89. The molecule has 1 aromatic heterocycles. The average molecular weight is 322 g/mol. The minimum Gasteiger partial charge on any atom is -0.478 e. The van der Waals surface area contributed by atoms with Crippen LogP contribution in [0.4, 0.5) is 8.78 Å². The third kappa shape index (κ3) is 3.80. The second kappa shape index (κ2) is 7.13. The summed E-state index contributed by atoms with van der Waals surface area (Å²) < 4.78 is 26.9. The highest BCUT2D eigenvalue weighted by atomic mass is 19.1. The van der Waals surface area contributed by atoms with E-state index in [1.165, 1.54) is 23.1 Å². The van der Waals surface area contributed by atoms with Crippen LogP contribution >= 0.6 is 0 Å². The smallest absolute Gasteiger partial charge is 0.328 e. The van der Waals surface area contributed by atoms with Crippen molar-refractivity contribution in [3.63, 3.8) is 0 Å². The number of aromatic nitrogens is 1. The molecule has 0 aliphatic carbocycles. The Morgan fingerprint density at radius 3 is 2.74 bits per heavy atom. The molecule has 5 nitrogen and oxygen atoms in total. The van der Waals surface area contributed by atoms with Crippen LogP contribution in [0.25, 0.3) is 0 Å². The maximum atomic E-state index is 13.9. The van der Waals surface area contributed by atoms with E-state index in [-0.39, 0.29) is 17.9 Å². The monoisotopic (exact) mass is 322 g/mol. The highest BCUT2D eigenvalue weighted by molar-refractivity contribution is 5.81. The van der Waals surface area contributed by atoms with Gasteiger partial charge in [0.15, 0.2) is 0 Å². The minimum absolute atomic E-state index is 0.0458. The van der Waals surface area contributed by atoms with Crippen molar-refractivity contribution in [3.8, 4) is 0 Å². The quantitative estimate of drug-likeness (QED) is 0.514. The number of carbonyl (C=O) groups is 2. The fraction of sp³-hybridized carbons (Fsp3) is 0.312. The molecule has 1 N–H and O–H groups in total. The number of carboxylic acid groups (broad SMARTS) is 1. The van der Waals surface area contributed by atoms with Crippen LogP contribution in [-0.2, 0) is 9.59 Å². The summed E-state index contributed by atoms with van der Waals surface area (Å²) in [6.07, 6.45) is 4.74. The molecule has 0 saturated carbocycles. The van der Waals surface area contributed by atoms with Crippen LogP contribution in [-0.4, -0.2) is 32.9 Å². The number of rotatable bonds is 5. The Labute approximate surface area is 131 Å². The molecule has 0 bridgehead atoms. The van der Waals surface area contributed by atoms with Crippen molar-refractivity contribution in [2.45, 2.75) is 31.3 Å². The highest BCUT2D eigenvalue weighted by Crippen LogP contribution is 2.38. The van der Waals surface area contributed by atoms with Crippen molar-refractivity contribution >= 4 is 11.9 Å². The van der Waals surface area contributed by atoms with Gasteiger partial charge in [-0.05, 0) is 25.0 Å². The molecule has 1 amide bonds. The molecule has 1 aromatic rings. The summed E-state index contributed by atoms with van der Waals surface area (Å²) in [6.45, 7) is 3.50. The van der Waals surface area contributed by atoms with Gasteiger partial charge in [-0.2, -0.15) is 13.8 Å². The van der Waals surface area contributed by atoms with Gasteiger partial charge in [0.1, 0.15) is 0 Å². The third-order valence-corrected chi connectivity index (χ3v) is 3.70. The summed E-state index contributed by atoms with van der Waals surface area (Å²) in [5.41, 5.74) is 0.120. The summed E-state index contributed by atoms with van der Waals surface area (Å²) >= 11 is 0. The van der Waals surface area contributed by atoms with Crippen LogP contribution in [0, 0.1) is 11.9 Å².